The third-order valence-corrected chi connectivity index (χ3v) is 4.92. The Kier molecular flexibility index (Phi) is 5.21. The van der Waals surface area contributed by atoms with Crippen LogP contribution in [0.15, 0.2) is 4.99 Å². The highest BCUT2D eigenvalue weighted by Crippen LogP contribution is 2.49. The van der Waals surface area contributed by atoms with Gasteiger partial charge in [-0.2, -0.15) is 0 Å². The van der Waals surface area contributed by atoms with Crippen LogP contribution in [-0.2, 0) is 4.79 Å². The highest BCUT2D eigenvalue weighted by molar-refractivity contribution is 5.81. The highest BCUT2D eigenvalue weighted by atomic mass is 16.2. The Balaban J connectivity index is 1.38. The van der Waals surface area contributed by atoms with Gasteiger partial charge in [0.05, 0.1) is 0 Å². The highest BCUT2D eigenvalue weighted by Gasteiger charge is 2.41. The summed E-state index contributed by atoms with van der Waals surface area (Å²) in [6.45, 7) is 5.33. The third kappa shape index (κ3) is 4.89. The number of guanidine groups is 1. The van der Waals surface area contributed by atoms with Crippen LogP contribution in [0.4, 0.5) is 0 Å². The normalized spacial score (nSPS) is 21.8. The van der Waals surface area contributed by atoms with Gasteiger partial charge < -0.3 is 16.0 Å². The quantitative estimate of drug-likeness (QED) is 0.344. The molecule has 0 radical (unpaired) electrons. The molecule has 0 aromatic rings. The van der Waals surface area contributed by atoms with E-state index in [2.05, 4.69) is 22.9 Å². The summed E-state index contributed by atoms with van der Waals surface area (Å²) in [7, 11) is 0. The molecule has 0 atom stereocenters. The predicted molar refractivity (Wildman–Crippen MR) is 88.7 cm³/mol. The average molecular weight is 306 g/mol. The molecule has 0 aromatic carbocycles. The first kappa shape index (κ1) is 15.6. The Morgan fingerprint density at radius 3 is 2.18 bits per heavy atom. The van der Waals surface area contributed by atoms with Crippen molar-refractivity contribution in [1.82, 2.24) is 16.0 Å². The first-order valence-electron chi connectivity index (χ1n) is 9.07. The molecular weight excluding hydrogens is 276 g/mol. The number of hydrogen-bond acceptors (Lipinski definition) is 2. The van der Waals surface area contributed by atoms with Gasteiger partial charge in [-0.15, -0.1) is 0 Å². The van der Waals surface area contributed by atoms with Gasteiger partial charge in [-0.1, -0.05) is 0 Å². The van der Waals surface area contributed by atoms with Crippen LogP contribution in [0.25, 0.3) is 0 Å². The van der Waals surface area contributed by atoms with E-state index in [1.807, 2.05) is 0 Å². The summed E-state index contributed by atoms with van der Waals surface area (Å²) in [6.07, 6.45) is 7.77. The molecule has 0 aliphatic heterocycles. The number of nitrogens with one attached hydrogen (secondary N) is 3. The molecule has 3 rings (SSSR count). The Bertz CT molecular complexity index is 399. The maximum atomic E-state index is 11.6. The summed E-state index contributed by atoms with van der Waals surface area (Å²) in [6, 6.07) is 0. The first-order chi connectivity index (χ1) is 10.8. The molecule has 0 saturated heterocycles. The van der Waals surface area contributed by atoms with E-state index in [1.54, 1.807) is 0 Å². The first-order valence-corrected chi connectivity index (χ1v) is 9.07. The van der Waals surface area contributed by atoms with E-state index < -0.39 is 0 Å². The van der Waals surface area contributed by atoms with Crippen molar-refractivity contribution in [3.05, 3.63) is 0 Å². The fourth-order valence-corrected chi connectivity index (χ4v) is 3.13. The van der Waals surface area contributed by atoms with E-state index in [-0.39, 0.29) is 5.91 Å². The van der Waals surface area contributed by atoms with Gasteiger partial charge in [0.2, 0.25) is 5.91 Å². The molecule has 3 saturated carbocycles. The monoisotopic (exact) mass is 306 g/mol. The standard InChI is InChI=1S/C17H30N4O/c1-2-18-17(20-10-9-19-16(22)14-7-8-14)21-11-15(12-3-4-12)13-5-6-13/h12-15H,2-11H2,1H3,(H,19,22)(H2,18,20,21). The minimum Gasteiger partial charge on any atom is -0.357 e. The number of carbonyl (C=O) groups is 1. The molecule has 0 bridgehead atoms. The summed E-state index contributed by atoms with van der Waals surface area (Å²) < 4.78 is 0. The lowest BCUT2D eigenvalue weighted by molar-refractivity contribution is -0.122. The number of carbonyl (C=O) groups excluding carboxylic acids is 1. The zero-order valence-electron chi connectivity index (χ0n) is 13.7. The zero-order valence-corrected chi connectivity index (χ0v) is 13.7. The molecule has 22 heavy (non-hydrogen) atoms. The fourth-order valence-electron chi connectivity index (χ4n) is 3.13. The van der Waals surface area contributed by atoms with Gasteiger partial charge in [0.15, 0.2) is 5.96 Å². The van der Waals surface area contributed by atoms with Crippen molar-refractivity contribution >= 4 is 11.9 Å². The van der Waals surface area contributed by atoms with E-state index in [4.69, 9.17) is 4.99 Å². The van der Waals surface area contributed by atoms with Gasteiger partial charge in [-0.3, -0.25) is 9.79 Å². The maximum Gasteiger partial charge on any atom is 0.223 e. The van der Waals surface area contributed by atoms with Crippen molar-refractivity contribution < 1.29 is 4.79 Å². The minimum atomic E-state index is 0.214. The maximum absolute atomic E-state index is 11.6. The summed E-state index contributed by atoms with van der Waals surface area (Å²) >= 11 is 0. The topological polar surface area (TPSA) is 65.5 Å². The van der Waals surface area contributed by atoms with Crippen LogP contribution in [-0.4, -0.2) is 38.0 Å². The molecule has 0 aromatic heterocycles. The second kappa shape index (κ2) is 7.34. The SMILES string of the molecule is CCNC(=NCC(C1CC1)C1CC1)NCCNC(=O)C1CC1. The van der Waals surface area contributed by atoms with Crippen LogP contribution in [0.2, 0.25) is 0 Å². The lowest BCUT2D eigenvalue weighted by Gasteiger charge is -2.15. The lowest BCUT2D eigenvalue weighted by atomic mass is 9.98. The van der Waals surface area contributed by atoms with Crippen molar-refractivity contribution in [1.29, 1.82) is 0 Å². The van der Waals surface area contributed by atoms with E-state index in [0.29, 0.717) is 12.5 Å². The van der Waals surface area contributed by atoms with Crippen molar-refractivity contribution in [3.8, 4) is 0 Å². The largest absolute Gasteiger partial charge is 0.357 e. The number of rotatable bonds is 9. The van der Waals surface area contributed by atoms with Crippen LogP contribution in [0, 0.1) is 23.7 Å². The van der Waals surface area contributed by atoms with E-state index in [0.717, 1.165) is 56.2 Å². The molecule has 0 heterocycles. The minimum absolute atomic E-state index is 0.214. The van der Waals surface area contributed by atoms with Gasteiger partial charge >= 0.3 is 0 Å². The van der Waals surface area contributed by atoms with Crippen molar-refractivity contribution in [3.63, 3.8) is 0 Å². The molecule has 3 N–H and O–H groups in total. The van der Waals surface area contributed by atoms with Gasteiger partial charge in [-0.25, -0.2) is 0 Å². The lowest BCUT2D eigenvalue weighted by Crippen LogP contribution is -2.42. The van der Waals surface area contributed by atoms with E-state index in [1.165, 1.54) is 25.7 Å². The Morgan fingerprint density at radius 1 is 1.00 bits per heavy atom. The van der Waals surface area contributed by atoms with Crippen LogP contribution in [0.3, 0.4) is 0 Å². The third-order valence-electron chi connectivity index (χ3n) is 4.92. The fraction of sp³-hybridized carbons (Fsp3) is 0.882. The van der Waals surface area contributed by atoms with E-state index >= 15 is 0 Å². The zero-order chi connectivity index (χ0) is 15.4. The molecule has 1 amide bonds. The Morgan fingerprint density at radius 2 is 1.64 bits per heavy atom. The van der Waals surface area contributed by atoms with Crippen molar-refractivity contribution in [2.45, 2.75) is 45.4 Å². The summed E-state index contributed by atoms with van der Waals surface area (Å²) in [4.78, 5) is 16.4. The van der Waals surface area contributed by atoms with Crippen molar-refractivity contribution in [2.24, 2.45) is 28.7 Å². The summed E-state index contributed by atoms with van der Waals surface area (Å²) in [5.41, 5.74) is 0. The van der Waals surface area contributed by atoms with Crippen molar-refractivity contribution in [2.75, 3.05) is 26.2 Å². The Hall–Kier alpha value is -1.26. The van der Waals surface area contributed by atoms with Crippen LogP contribution in [0.1, 0.15) is 45.4 Å². The summed E-state index contributed by atoms with van der Waals surface area (Å²) in [5, 5.41) is 9.62. The molecule has 0 unspecified atom stereocenters. The average Bonchev–Trinajstić information content (AvgIpc) is 3.39. The van der Waals surface area contributed by atoms with Crippen LogP contribution >= 0.6 is 0 Å². The van der Waals surface area contributed by atoms with E-state index in [9.17, 15) is 4.79 Å². The predicted octanol–water partition coefficient (Wildman–Crippen LogP) is 1.50. The number of hydrogen-bond donors (Lipinski definition) is 3. The number of amides is 1. The van der Waals surface area contributed by atoms with Crippen LogP contribution in [0.5, 0.6) is 0 Å². The number of aliphatic imine (C=N–C) groups is 1. The van der Waals surface area contributed by atoms with Gasteiger partial charge in [0.1, 0.15) is 0 Å². The molecule has 124 valence electrons. The molecule has 5 heteroatoms. The molecule has 3 aliphatic carbocycles. The van der Waals surface area contributed by atoms with Gasteiger partial charge in [0.25, 0.3) is 0 Å². The molecule has 3 aliphatic rings. The molecule has 5 nitrogen and oxygen atoms in total. The van der Waals surface area contributed by atoms with Gasteiger partial charge in [-0.05, 0) is 63.2 Å². The molecular formula is C17H30N4O. The van der Waals surface area contributed by atoms with Crippen LogP contribution < -0.4 is 16.0 Å². The molecule has 0 spiro atoms. The second-order valence-corrected chi connectivity index (χ2v) is 7.05. The second-order valence-electron chi connectivity index (χ2n) is 7.05. The summed E-state index contributed by atoms with van der Waals surface area (Å²) in [5.74, 6) is 4.10. The van der Waals surface area contributed by atoms with Gasteiger partial charge in [0, 0.05) is 32.1 Å². The Labute approximate surface area is 133 Å². The molecule has 3 fully saturated rings. The smallest absolute Gasteiger partial charge is 0.223 e. The number of nitrogens with zero attached hydrogens (tertiary/aromatic N) is 1.